The molecule has 0 spiro atoms. The summed E-state index contributed by atoms with van der Waals surface area (Å²) in [4.78, 5) is 8.93. The molecule has 0 bridgehead atoms. The lowest BCUT2D eigenvalue weighted by atomic mass is 10.2. The fourth-order valence-electron chi connectivity index (χ4n) is 2.19. The molecule has 0 radical (unpaired) electrons. The first-order valence-corrected chi connectivity index (χ1v) is 7.19. The van der Waals surface area contributed by atoms with Crippen molar-refractivity contribution >= 4 is 23.3 Å². The first-order chi connectivity index (χ1) is 12.1. The van der Waals surface area contributed by atoms with Crippen molar-refractivity contribution in [2.75, 3.05) is 25.4 Å². The Morgan fingerprint density at radius 3 is 2.90 bits per heavy atom. The number of anilines is 2. The molecule has 1 atom stereocenters. The van der Waals surface area contributed by atoms with Crippen LogP contribution in [0.25, 0.3) is 0 Å². The number of hydrogen-bond acceptors (Lipinski definition) is 4. The molecule has 0 fully saturated rings. The second kappa shape index (κ2) is 5.46. The molecule has 2 heterocycles. The van der Waals surface area contributed by atoms with Crippen LogP contribution in [0.3, 0.4) is 0 Å². The van der Waals surface area contributed by atoms with Crippen LogP contribution in [-0.2, 0) is 0 Å². The molecule has 0 amide bonds. The maximum atomic E-state index is 7.64. The first kappa shape index (κ1) is 8.05. The number of para-hydroxylation sites is 1. The first-order valence-electron chi connectivity index (χ1n) is 9.38. The Hall–Kier alpha value is -1.52. The van der Waals surface area contributed by atoms with E-state index in [2.05, 4.69) is 4.98 Å². The van der Waals surface area contributed by atoms with Crippen molar-refractivity contribution in [1.82, 2.24) is 9.88 Å². The van der Waals surface area contributed by atoms with Gasteiger partial charge >= 0.3 is 0 Å². The highest BCUT2D eigenvalue weighted by molar-refractivity contribution is 7.99. The topological polar surface area (TPSA) is 19.4 Å². The predicted molar refractivity (Wildman–Crippen MR) is 85.0 cm³/mol. The summed E-state index contributed by atoms with van der Waals surface area (Å²) in [5.74, 6) is 0.707. The van der Waals surface area contributed by atoms with E-state index in [9.17, 15) is 0 Å². The fourth-order valence-corrected chi connectivity index (χ4v) is 3.26. The summed E-state index contributed by atoms with van der Waals surface area (Å²) in [7, 11) is 0. The van der Waals surface area contributed by atoms with Gasteiger partial charge in [0.15, 0.2) is 0 Å². The standard InChI is InChI=1S/C16H19N3S/c1-12(18(2)3)11-19-13-7-4-5-8-14(13)20-15-9-6-10-17-16(15)19/h4-10,12H,11H2,1-3H3/i2D3,3D3. The van der Waals surface area contributed by atoms with Crippen LogP contribution in [0.5, 0.6) is 0 Å². The fraction of sp³-hybridized carbons (Fsp3) is 0.312. The van der Waals surface area contributed by atoms with Gasteiger partial charge in [0, 0.05) is 31.9 Å². The number of rotatable bonds is 3. The van der Waals surface area contributed by atoms with E-state index in [0.29, 0.717) is 10.7 Å². The van der Waals surface area contributed by atoms with Gasteiger partial charge in [0.05, 0.1) is 10.6 Å². The summed E-state index contributed by atoms with van der Waals surface area (Å²) in [5, 5.41) is 0. The normalized spacial score (nSPS) is 20.6. The van der Waals surface area contributed by atoms with Gasteiger partial charge in [-0.1, -0.05) is 23.9 Å². The Balaban J connectivity index is 1.99. The Morgan fingerprint density at radius 1 is 1.25 bits per heavy atom. The third-order valence-corrected chi connectivity index (χ3v) is 4.37. The molecule has 0 saturated carbocycles. The third-order valence-electron chi connectivity index (χ3n) is 3.27. The van der Waals surface area contributed by atoms with Gasteiger partial charge in [0.25, 0.3) is 0 Å². The van der Waals surface area contributed by atoms with Crippen molar-refractivity contribution in [1.29, 1.82) is 0 Å². The number of benzene rings is 1. The third kappa shape index (κ3) is 2.41. The molecule has 0 N–H and O–H groups in total. The van der Waals surface area contributed by atoms with Crippen molar-refractivity contribution in [3.8, 4) is 0 Å². The number of fused-ring (bicyclic) bond motifs is 2. The summed E-state index contributed by atoms with van der Waals surface area (Å²) >= 11 is 1.59. The number of aromatic nitrogens is 1. The minimum Gasteiger partial charge on any atom is -0.323 e. The molecule has 0 saturated heterocycles. The van der Waals surface area contributed by atoms with Crippen molar-refractivity contribution in [2.45, 2.75) is 22.8 Å². The molecule has 4 heteroatoms. The number of hydrogen-bond donors (Lipinski definition) is 0. The van der Waals surface area contributed by atoms with E-state index in [-0.39, 0.29) is 6.54 Å². The van der Waals surface area contributed by atoms with E-state index < -0.39 is 20.0 Å². The molecule has 3 nitrogen and oxygen atoms in total. The second-order valence-electron chi connectivity index (χ2n) is 4.72. The van der Waals surface area contributed by atoms with E-state index in [1.807, 2.05) is 41.3 Å². The molecule has 0 aliphatic carbocycles. The monoisotopic (exact) mass is 291 g/mol. The van der Waals surface area contributed by atoms with Gasteiger partial charge in [-0.3, -0.25) is 0 Å². The summed E-state index contributed by atoms with van der Waals surface area (Å²) in [6.07, 6.45) is 1.68. The second-order valence-corrected chi connectivity index (χ2v) is 5.81. The van der Waals surface area contributed by atoms with E-state index in [1.165, 1.54) is 0 Å². The Bertz CT molecular complexity index is 733. The lowest BCUT2D eigenvalue weighted by Gasteiger charge is -2.34. The molecule has 1 aliphatic heterocycles. The molecular formula is C16H19N3S. The quantitative estimate of drug-likeness (QED) is 0.859. The SMILES string of the molecule is [2H]C([2H])([2H])N(C(C)CN1c2ccccc2Sc2cccnc21)C([2H])([2H])[2H]. The Kier molecular flexibility index (Phi) is 2.20. The number of pyridine rings is 1. The van der Waals surface area contributed by atoms with Crippen molar-refractivity contribution in [2.24, 2.45) is 0 Å². The van der Waals surface area contributed by atoms with Gasteiger partial charge in [-0.25, -0.2) is 4.98 Å². The smallest absolute Gasteiger partial charge is 0.147 e. The molecule has 1 unspecified atom stereocenters. The van der Waals surface area contributed by atoms with Gasteiger partial charge in [-0.15, -0.1) is 0 Å². The highest BCUT2D eigenvalue weighted by atomic mass is 32.2. The zero-order valence-electron chi connectivity index (χ0n) is 17.1. The van der Waals surface area contributed by atoms with E-state index in [0.717, 1.165) is 15.5 Å². The molecule has 1 aromatic heterocycles. The summed E-state index contributed by atoms with van der Waals surface area (Å²) in [6, 6.07) is 10.8. The lowest BCUT2D eigenvalue weighted by molar-refractivity contribution is 0.319. The molecule has 1 aromatic carbocycles. The van der Waals surface area contributed by atoms with Crippen LogP contribution in [0.4, 0.5) is 11.5 Å². The van der Waals surface area contributed by atoms with Crippen LogP contribution in [0.15, 0.2) is 52.4 Å². The zero-order valence-corrected chi connectivity index (χ0v) is 11.9. The largest absolute Gasteiger partial charge is 0.323 e. The molecule has 2 aromatic rings. The van der Waals surface area contributed by atoms with Crippen LogP contribution in [0.1, 0.15) is 15.1 Å². The summed E-state index contributed by atoms with van der Waals surface area (Å²) in [6.45, 7) is -3.63. The van der Waals surface area contributed by atoms with E-state index in [4.69, 9.17) is 8.22 Å². The highest BCUT2D eigenvalue weighted by Crippen LogP contribution is 2.46. The van der Waals surface area contributed by atoms with E-state index >= 15 is 0 Å². The molecule has 20 heavy (non-hydrogen) atoms. The molecule has 1 aliphatic rings. The maximum absolute atomic E-state index is 7.64. The predicted octanol–water partition coefficient (Wildman–Crippen LogP) is 3.63. The van der Waals surface area contributed by atoms with Crippen LogP contribution in [-0.4, -0.2) is 36.4 Å². The minimum atomic E-state index is -2.72. The van der Waals surface area contributed by atoms with Crippen LogP contribution in [0.2, 0.25) is 0 Å². The van der Waals surface area contributed by atoms with E-state index in [1.54, 1.807) is 24.9 Å². The minimum absolute atomic E-state index is 0.193. The molecular weight excluding hydrogens is 266 g/mol. The maximum Gasteiger partial charge on any atom is 0.147 e. The zero-order chi connectivity index (χ0) is 19.1. The van der Waals surface area contributed by atoms with Gasteiger partial charge in [-0.2, -0.15) is 0 Å². The van der Waals surface area contributed by atoms with Gasteiger partial charge in [0.2, 0.25) is 0 Å². The van der Waals surface area contributed by atoms with Crippen LogP contribution in [0, 0.1) is 0 Å². The summed E-state index contributed by atoms with van der Waals surface area (Å²) < 4.78 is 45.9. The highest BCUT2D eigenvalue weighted by Gasteiger charge is 2.25. The van der Waals surface area contributed by atoms with Gasteiger partial charge in [-0.05, 0) is 45.1 Å². The van der Waals surface area contributed by atoms with Gasteiger partial charge < -0.3 is 9.80 Å². The number of nitrogens with zero attached hydrogens (tertiary/aromatic N) is 3. The average Bonchev–Trinajstić information content (AvgIpc) is 2.51. The van der Waals surface area contributed by atoms with Crippen LogP contribution < -0.4 is 4.90 Å². The van der Waals surface area contributed by atoms with Crippen molar-refractivity contribution < 1.29 is 8.22 Å². The Morgan fingerprint density at radius 2 is 2.05 bits per heavy atom. The molecule has 104 valence electrons. The van der Waals surface area contributed by atoms with Crippen LogP contribution >= 0.6 is 11.8 Å². The Labute approximate surface area is 133 Å². The summed E-state index contributed by atoms with van der Waals surface area (Å²) in [5.41, 5.74) is 0.895. The van der Waals surface area contributed by atoms with Crippen molar-refractivity contribution in [3.63, 3.8) is 0 Å². The van der Waals surface area contributed by atoms with Gasteiger partial charge in [0.1, 0.15) is 5.82 Å². The lowest BCUT2D eigenvalue weighted by Crippen LogP contribution is -2.37. The number of likely N-dealkylation sites (N-methyl/N-ethyl adjacent to an activating group) is 1. The molecule has 3 rings (SSSR count). The average molecular weight is 291 g/mol. The van der Waals surface area contributed by atoms with Crippen molar-refractivity contribution in [3.05, 3.63) is 42.6 Å².